The standard InChI is InChI=1S/C14H22ClNO3/c1-11(16)12-4-5-14(13(15)10-12)19-9-8-18-7-3-6-17-2/h4-5,10-11H,3,6-9,16H2,1-2H3. The first-order valence-corrected chi connectivity index (χ1v) is 6.77. The van der Waals surface area contributed by atoms with E-state index in [0.717, 1.165) is 12.0 Å². The zero-order valence-electron chi connectivity index (χ0n) is 11.5. The van der Waals surface area contributed by atoms with Crippen LogP contribution in [0, 0.1) is 0 Å². The number of nitrogens with two attached hydrogens (primary N) is 1. The van der Waals surface area contributed by atoms with Crippen molar-refractivity contribution in [3.05, 3.63) is 28.8 Å². The second-order valence-electron chi connectivity index (χ2n) is 4.29. The highest BCUT2D eigenvalue weighted by atomic mass is 35.5. The Labute approximate surface area is 119 Å². The first-order chi connectivity index (χ1) is 9.15. The summed E-state index contributed by atoms with van der Waals surface area (Å²) in [5.41, 5.74) is 6.78. The summed E-state index contributed by atoms with van der Waals surface area (Å²) in [5, 5.41) is 0.578. The average Bonchev–Trinajstić information content (AvgIpc) is 2.39. The second-order valence-corrected chi connectivity index (χ2v) is 4.69. The van der Waals surface area contributed by atoms with Crippen LogP contribution in [0.15, 0.2) is 18.2 Å². The van der Waals surface area contributed by atoms with Crippen molar-refractivity contribution in [3.8, 4) is 5.75 Å². The van der Waals surface area contributed by atoms with Crippen LogP contribution in [0.3, 0.4) is 0 Å². The molecule has 1 rings (SSSR count). The predicted octanol–water partition coefficient (Wildman–Crippen LogP) is 2.79. The SMILES string of the molecule is COCCCOCCOc1ccc(C(C)N)cc1Cl. The van der Waals surface area contributed by atoms with Gasteiger partial charge in [0.2, 0.25) is 0 Å². The van der Waals surface area contributed by atoms with Gasteiger partial charge < -0.3 is 19.9 Å². The predicted molar refractivity (Wildman–Crippen MR) is 76.9 cm³/mol. The Kier molecular flexibility index (Phi) is 7.82. The molecule has 19 heavy (non-hydrogen) atoms. The summed E-state index contributed by atoms with van der Waals surface area (Å²) in [5.74, 6) is 0.659. The summed E-state index contributed by atoms with van der Waals surface area (Å²) in [7, 11) is 1.68. The molecule has 0 aliphatic rings. The molecule has 0 radical (unpaired) electrons. The number of rotatable bonds is 9. The maximum Gasteiger partial charge on any atom is 0.138 e. The number of halogens is 1. The van der Waals surface area contributed by atoms with Gasteiger partial charge in [0.1, 0.15) is 12.4 Å². The summed E-state index contributed by atoms with van der Waals surface area (Å²) >= 11 is 6.12. The van der Waals surface area contributed by atoms with Crippen molar-refractivity contribution in [3.63, 3.8) is 0 Å². The van der Waals surface area contributed by atoms with Gasteiger partial charge in [-0.05, 0) is 31.0 Å². The first kappa shape index (κ1) is 16.2. The zero-order valence-corrected chi connectivity index (χ0v) is 12.3. The molecule has 2 N–H and O–H groups in total. The van der Waals surface area contributed by atoms with Crippen LogP contribution in [-0.2, 0) is 9.47 Å². The normalized spacial score (nSPS) is 12.4. The Morgan fingerprint density at radius 3 is 2.63 bits per heavy atom. The lowest BCUT2D eigenvalue weighted by Crippen LogP contribution is -2.09. The number of hydrogen-bond acceptors (Lipinski definition) is 4. The van der Waals surface area contributed by atoms with Crippen molar-refractivity contribution in [2.75, 3.05) is 33.5 Å². The average molecular weight is 288 g/mol. The van der Waals surface area contributed by atoms with Crippen molar-refractivity contribution < 1.29 is 14.2 Å². The number of methoxy groups -OCH3 is 1. The lowest BCUT2D eigenvalue weighted by Gasteiger charge is -2.11. The number of hydrogen-bond donors (Lipinski definition) is 1. The topological polar surface area (TPSA) is 53.7 Å². The molecule has 1 aromatic rings. The molecule has 0 fully saturated rings. The van der Waals surface area contributed by atoms with Crippen LogP contribution in [0.2, 0.25) is 5.02 Å². The highest BCUT2D eigenvalue weighted by Gasteiger charge is 2.05. The van der Waals surface area contributed by atoms with Crippen molar-refractivity contribution in [1.29, 1.82) is 0 Å². The second kappa shape index (κ2) is 9.15. The van der Waals surface area contributed by atoms with E-state index >= 15 is 0 Å². The molecule has 1 atom stereocenters. The molecule has 0 amide bonds. The van der Waals surface area contributed by atoms with E-state index in [1.54, 1.807) is 7.11 Å². The molecule has 0 bridgehead atoms. The summed E-state index contributed by atoms with van der Waals surface area (Å²) < 4.78 is 15.9. The van der Waals surface area contributed by atoms with Crippen LogP contribution in [0.5, 0.6) is 5.75 Å². The van der Waals surface area contributed by atoms with Gasteiger partial charge in [0.15, 0.2) is 0 Å². The molecule has 0 heterocycles. The van der Waals surface area contributed by atoms with Crippen LogP contribution < -0.4 is 10.5 Å². The Bertz CT molecular complexity index is 372. The van der Waals surface area contributed by atoms with Crippen LogP contribution in [0.25, 0.3) is 0 Å². The van der Waals surface area contributed by atoms with Crippen molar-refractivity contribution in [2.24, 2.45) is 5.73 Å². The molecule has 0 spiro atoms. The van der Waals surface area contributed by atoms with Crippen LogP contribution in [0.4, 0.5) is 0 Å². The van der Waals surface area contributed by atoms with E-state index in [9.17, 15) is 0 Å². The van der Waals surface area contributed by atoms with Gasteiger partial charge >= 0.3 is 0 Å². The lowest BCUT2D eigenvalue weighted by atomic mass is 10.1. The van der Waals surface area contributed by atoms with E-state index in [1.165, 1.54) is 0 Å². The lowest BCUT2D eigenvalue weighted by molar-refractivity contribution is 0.0806. The minimum absolute atomic E-state index is 0.0318. The minimum Gasteiger partial charge on any atom is -0.490 e. The van der Waals surface area contributed by atoms with E-state index in [-0.39, 0.29) is 6.04 Å². The van der Waals surface area contributed by atoms with Gasteiger partial charge in [0, 0.05) is 26.4 Å². The summed E-state index contributed by atoms with van der Waals surface area (Å²) in [4.78, 5) is 0. The third-order valence-corrected chi connectivity index (χ3v) is 2.90. The maximum absolute atomic E-state index is 6.12. The fourth-order valence-corrected chi connectivity index (χ4v) is 1.78. The van der Waals surface area contributed by atoms with Gasteiger partial charge in [-0.15, -0.1) is 0 Å². The van der Waals surface area contributed by atoms with Gasteiger partial charge in [-0.3, -0.25) is 0 Å². The molecular formula is C14H22ClNO3. The largest absolute Gasteiger partial charge is 0.490 e. The minimum atomic E-state index is -0.0318. The van der Waals surface area contributed by atoms with Gasteiger partial charge in [-0.2, -0.15) is 0 Å². The smallest absolute Gasteiger partial charge is 0.138 e. The van der Waals surface area contributed by atoms with Gasteiger partial charge in [-0.25, -0.2) is 0 Å². The molecule has 0 aliphatic carbocycles. The molecule has 1 aromatic carbocycles. The molecule has 0 aliphatic heterocycles. The summed E-state index contributed by atoms with van der Waals surface area (Å²) in [6.45, 7) is 4.32. The van der Waals surface area contributed by atoms with E-state index in [0.29, 0.717) is 37.2 Å². The van der Waals surface area contributed by atoms with Crippen molar-refractivity contribution in [1.82, 2.24) is 0 Å². The zero-order chi connectivity index (χ0) is 14.1. The summed E-state index contributed by atoms with van der Waals surface area (Å²) in [6, 6.07) is 5.56. The molecule has 0 aromatic heterocycles. The monoisotopic (exact) mass is 287 g/mol. The van der Waals surface area contributed by atoms with Crippen molar-refractivity contribution in [2.45, 2.75) is 19.4 Å². The number of benzene rings is 1. The van der Waals surface area contributed by atoms with Gasteiger partial charge in [0.25, 0.3) is 0 Å². The molecule has 4 nitrogen and oxygen atoms in total. The Morgan fingerprint density at radius 2 is 2.00 bits per heavy atom. The van der Waals surface area contributed by atoms with Crippen LogP contribution in [0.1, 0.15) is 24.9 Å². The summed E-state index contributed by atoms with van der Waals surface area (Å²) in [6.07, 6.45) is 0.889. The van der Waals surface area contributed by atoms with E-state index in [1.807, 2.05) is 25.1 Å². The Morgan fingerprint density at radius 1 is 1.21 bits per heavy atom. The van der Waals surface area contributed by atoms with Gasteiger partial charge in [-0.1, -0.05) is 17.7 Å². The third-order valence-electron chi connectivity index (χ3n) is 2.60. The Balaban J connectivity index is 2.26. The van der Waals surface area contributed by atoms with E-state index < -0.39 is 0 Å². The molecule has 108 valence electrons. The fourth-order valence-electron chi connectivity index (χ4n) is 1.54. The number of ether oxygens (including phenoxy) is 3. The fraction of sp³-hybridized carbons (Fsp3) is 0.571. The highest BCUT2D eigenvalue weighted by Crippen LogP contribution is 2.27. The quantitative estimate of drug-likeness (QED) is 0.710. The maximum atomic E-state index is 6.12. The van der Waals surface area contributed by atoms with Crippen LogP contribution >= 0.6 is 11.6 Å². The molecule has 1 unspecified atom stereocenters. The van der Waals surface area contributed by atoms with E-state index in [4.69, 9.17) is 31.5 Å². The Hall–Kier alpha value is -0.810. The molecular weight excluding hydrogens is 266 g/mol. The van der Waals surface area contributed by atoms with Crippen LogP contribution in [-0.4, -0.2) is 33.5 Å². The van der Waals surface area contributed by atoms with E-state index in [2.05, 4.69) is 0 Å². The highest BCUT2D eigenvalue weighted by molar-refractivity contribution is 6.32. The molecule has 0 saturated carbocycles. The molecule has 5 heteroatoms. The van der Waals surface area contributed by atoms with Crippen molar-refractivity contribution >= 4 is 11.6 Å². The first-order valence-electron chi connectivity index (χ1n) is 6.39. The molecule has 0 saturated heterocycles. The van der Waals surface area contributed by atoms with Gasteiger partial charge in [0.05, 0.1) is 11.6 Å². The third kappa shape index (κ3) is 6.25.